The molecule has 0 aromatic carbocycles. The Balaban J connectivity index is 3.57. The lowest BCUT2D eigenvalue weighted by Gasteiger charge is -2.24. The van der Waals surface area contributed by atoms with E-state index in [2.05, 4.69) is 39.6 Å². The summed E-state index contributed by atoms with van der Waals surface area (Å²) in [5.41, 5.74) is 1.67. The molecule has 0 bridgehead atoms. The van der Waals surface area contributed by atoms with Crippen molar-refractivity contribution < 1.29 is 0 Å². The fourth-order valence-electron chi connectivity index (χ4n) is 1.77. The third-order valence-electron chi connectivity index (χ3n) is 2.66. The van der Waals surface area contributed by atoms with Gasteiger partial charge in [0, 0.05) is 12.2 Å². The van der Waals surface area contributed by atoms with Crippen LogP contribution in [-0.4, -0.2) is 6.54 Å². The van der Waals surface area contributed by atoms with Gasteiger partial charge in [0.05, 0.1) is 0 Å². The van der Waals surface area contributed by atoms with Gasteiger partial charge >= 0.3 is 0 Å². The molecule has 0 amide bonds. The molecule has 1 N–H and O–H groups in total. The second kappa shape index (κ2) is 6.92. The number of hydrogen-bond donors (Lipinski definition) is 1. The average Bonchev–Trinajstić information content (AvgIpc) is 2.03. The molecule has 0 saturated carbocycles. The highest BCUT2D eigenvalue weighted by Crippen LogP contribution is 2.25. The summed E-state index contributed by atoms with van der Waals surface area (Å²) in [4.78, 5) is 0. The Labute approximate surface area is 90.0 Å². The maximum Gasteiger partial charge on any atom is 0.0148 e. The van der Waals surface area contributed by atoms with Gasteiger partial charge in [0.25, 0.3) is 0 Å². The van der Waals surface area contributed by atoms with Gasteiger partial charge < -0.3 is 5.32 Å². The van der Waals surface area contributed by atoms with Crippen molar-refractivity contribution in [2.45, 2.75) is 59.8 Å². The summed E-state index contributed by atoms with van der Waals surface area (Å²) in [5.74, 6) is 0. The Hall–Kier alpha value is -0.460. The number of allylic oxidation sites excluding steroid dienone is 1. The minimum Gasteiger partial charge on any atom is -0.389 e. The van der Waals surface area contributed by atoms with Gasteiger partial charge in [-0.3, -0.25) is 0 Å². The zero-order valence-electron chi connectivity index (χ0n) is 10.4. The summed E-state index contributed by atoms with van der Waals surface area (Å²) in [6, 6.07) is 0. The molecular weight excluding hydrogens is 170 g/mol. The van der Waals surface area contributed by atoms with Crippen LogP contribution in [0.5, 0.6) is 0 Å². The van der Waals surface area contributed by atoms with Crippen molar-refractivity contribution in [3.05, 3.63) is 12.3 Å². The SMILES string of the molecule is C=C(CCC)NCCC(C)(C)CCC. The molecule has 0 rings (SSSR count). The largest absolute Gasteiger partial charge is 0.389 e. The molecule has 0 aromatic rings. The summed E-state index contributed by atoms with van der Waals surface area (Å²) in [6.45, 7) is 14.2. The molecule has 0 saturated heterocycles. The molecule has 1 heteroatoms. The molecule has 0 spiro atoms. The van der Waals surface area contributed by atoms with Gasteiger partial charge in [-0.2, -0.15) is 0 Å². The van der Waals surface area contributed by atoms with Gasteiger partial charge in [-0.25, -0.2) is 0 Å². The minimum atomic E-state index is 0.480. The van der Waals surface area contributed by atoms with Crippen LogP contribution in [0.15, 0.2) is 12.3 Å². The third-order valence-corrected chi connectivity index (χ3v) is 2.66. The third kappa shape index (κ3) is 6.99. The Morgan fingerprint density at radius 3 is 2.29 bits per heavy atom. The van der Waals surface area contributed by atoms with Gasteiger partial charge in [0.1, 0.15) is 0 Å². The van der Waals surface area contributed by atoms with E-state index in [0.29, 0.717) is 5.41 Å². The first-order valence-corrected chi connectivity index (χ1v) is 5.93. The summed E-state index contributed by atoms with van der Waals surface area (Å²) in [5, 5.41) is 3.40. The van der Waals surface area contributed by atoms with Crippen molar-refractivity contribution in [1.29, 1.82) is 0 Å². The lowest BCUT2D eigenvalue weighted by Crippen LogP contribution is -2.21. The van der Waals surface area contributed by atoms with Gasteiger partial charge in [0.2, 0.25) is 0 Å². The Morgan fingerprint density at radius 1 is 1.14 bits per heavy atom. The van der Waals surface area contributed by atoms with Crippen LogP contribution < -0.4 is 5.32 Å². The smallest absolute Gasteiger partial charge is 0.0148 e. The Morgan fingerprint density at radius 2 is 1.79 bits per heavy atom. The van der Waals surface area contributed by atoms with E-state index in [-0.39, 0.29) is 0 Å². The maximum atomic E-state index is 4.00. The Bertz CT molecular complexity index is 159. The van der Waals surface area contributed by atoms with Crippen LogP contribution in [0.2, 0.25) is 0 Å². The highest BCUT2D eigenvalue weighted by Gasteiger charge is 2.15. The molecule has 0 unspecified atom stereocenters. The molecule has 0 aliphatic rings. The topological polar surface area (TPSA) is 12.0 Å². The van der Waals surface area contributed by atoms with Crippen LogP contribution in [0.3, 0.4) is 0 Å². The molecule has 0 fully saturated rings. The summed E-state index contributed by atoms with van der Waals surface area (Å²) < 4.78 is 0. The average molecular weight is 197 g/mol. The standard InChI is InChI=1S/C13H27N/c1-6-8-12(3)14-11-10-13(4,5)9-7-2/h14H,3,6-11H2,1-2,4-5H3. The molecule has 0 aliphatic carbocycles. The molecule has 1 nitrogen and oxygen atoms in total. The number of hydrogen-bond acceptors (Lipinski definition) is 1. The van der Waals surface area contributed by atoms with Gasteiger partial charge in [-0.1, -0.05) is 47.1 Å². The lowest BCUT2D eigenvalue weighted by molar-refractivity contribution is 0.302. The van der Waals surface area contributed by atoms with E-state index in [0.717, 1.165) is 13.0 Å². The van der Waals surface area contributed by atoms with E-state index >= 15 is 0 Å². The fraction of sp³-hybridized carbons (Fsp3) is 0.846. The molecule has 0 aliphatic heterocycles. The quantitative estimate of drug-likeness (QED) is 0.617. The van der Waals surface area contributed by atoms with Crippen LogP contribution in [0.1, 0.15) is 59.8 Å². The molecular formula is C13H27N. The lowest BCUT2D eigenvalue weighted by atomic mass is 9.84. The molecule has 84 valence electrons. The number of nitrogens with one attached hydrogen (secondary N) is 1. The predicted octanol–water partition coefficient (Wildman–Crippen LogP) is 4.11. The van der Waals surface area contributed by atoms with Crippen LogP contribution in [0, 0.1) is 5.41 Å². The predicted molar refractivity (Wildman–Crippen MR) is 65.4 cm³/mol. The van der Waals surface area contributed by atoms with Crippen molar-refractivity contribution in [2.24, 2.45) is 5.41 Å². The van der Waals surface area contributed by atoms with Gasteiger partial charge in [-0.15, -0.1) is 0 Å². The second-order valence-corrected chi connectivity index (χ2v) is 4.94. The second-order valence-electron chi connectivity index (χ2n) is 4.94. The van der Waals surface area contributed by atoms with Crippen LogP contribution in [0.4, 0.5) is 0 Å². The highest BCUT2D eigenvalue weighted by molar-refractivity contribution is 4.90. The zero-order valence-corrected chi connectivity index (χ0v) is 10.4. The summed E-state index contributed by atoms with van der Waals surface area (Å²) >= 11 is 0. The highest BCUT2D eigenvalue weighted by atomic mass is 14.9. The van der Waals surface area contributed by atoms with Crippen LogP contribution in [-0.2, 0) is 0 Å². The first kappa shape index (κ1) is 13.5. The zero-order chi connectivity index (χ0) is 11.0. The molecule has 14 heavy (non-hydrogen) atoms. The van der Waals surface area contributed by atoms with E-state index in [1.54, 1.807) is 0 Å². The van der Waals surface area contributed by atoms with Crippen LogP contribution >= 0.6 is 0 Å². The fourth-order valence-corrected chi connectivity index (χ4v) is 1.77. The normalized spacial score (nSPS) is 11.4. The molecule has 0 aromatic heterocycles. The van der Waals surface area contributed by atoms with Crippen molar-refractivity contribution >= 4 is 0 Å². The van der Waals surface area contributed by atoms with Crippen molar-refractivity contribution in [1.82, 2.24) is 5.32 Å². The molecule has 0 radical (unpaired) electrons. The first-order chi connectivity index (χ1) is 6.52. The van der Waals surface area contributed by atoms with E-state index in [9.17, 15) is 0 Å². The molecule has 0 heterocycles. The van der Waals surface area contributed by atoms with Gasteiger partial charge in [0.15, 0.2) is 0 Å². The minimum absolute atomic E-state index is 0.480. The van der Waals surface area contributed by atoms with Crippen molar-refractivity contribution in [3.8, 4) is 0 Å². The maximum absolute atomic E-state index is 4.00. The van der Waals surface area contributed by atoms with E-state index in [1.807, 2.05) is 0 Å². The van der Waals surface area contributed by atoms with E-state index < -0.39 is 0 Å². The summed E-state index contributed by atoms with van der Waals surface area (Å²) in [6.07, 6.45) is 6.12. The monoisotopic (exact) mass is 197 g/mol. The van der Waals surface area contributed by atoms with Crippen molar-refractivity contribution in [2.75, 3.05) is 6.54 Å². The molecule has 0 atom stereocenters. The van der Waals surface area contributed by atoms with E-state index in [1.165, 1.54) is 31.4 Å². The summed E-state index contributed by atoms with van der Waals surface area (Å²) in [7, 11) is 0. The first-order valence-electron chi connectivity index (χ1n) is 5.93. The van der Waals surface area contributed by atoms with E-state index in [4.69, 9.17) is 0 Å². The number of rotatable bonds is 8. The Kier molecular flexibility index (Phi) is 6.69. The van der Waals surface area contributed by atoms with Crippen LogP contribution in [0.25, 0.3) is 0 Å². The van der Waals surface area contributed by atoms with Gasteiger partial charge in [-0.05, 0) is 24.7 Å². The van der Waals surface area contributed by atoms with Crippen molar-refractivity contribution in [3.63, 3.8) is 0 Å².